The number of hydrogen-bond donors (Lipinski definition) is 0. The van der Waals surface area contributed by atoms with Crippen LogP contribution in [0.5, 0.6) is 0 Å². The maximum atomic E-state index is 6.95. The standard InChI is InChI=1S/C56H38N2O/c1-4-15-39(16-5-1)41-29-31-43(32-30-41)44-19-12-23-48(37-44)57(47-35-33-42(34-36-47)40-17-6-2-7-18-40)49-24-13-20-45(38-49)50-26-14-27-52-54-56(59-55(50)52)51-25-10-11-28-53(51)58(54)46-21-8-3-9-22-46/h1-38H. The van der Waals surface area contributed by atoms with Gasteiger partial charge in [0.2, 0.25) is 0 Å². The highest BCUT2D eigenvalue weighted by Gasteiger charge is 2.22. The first-order valence-corrected chi connectivity index (χ1v) is 20.1. The quantitative estimate of drug-likeness (QED) is 0.154. The second kappa shape index (κ2) is 14.6. The van der Waals surface area contributed by atoms with Crippen molar-refractivity contribution < 1.29 is 4.42 Å². The van der Waals surface area contributed by atoms with Gasteiger partial charge in [-0.05, 0) is 106 Å². The second-order valence-electron chi connectivity index (χ2n) is 14.9. The highest BCUT2D eigenvalue weighted by atomic mass is 16.3. The fourth-order valence-electron chi connectivity index (χ4n) is 8.57. The molecule has 0 unspecified atom stereocenters. The molecular weight excluding hydrogens is 717 g/mol. The van der Waals surface area contributed by atoms with Crippen LogP contribution in [0.3, 0.4) is 0 Å². The molecule has 0 amide bonds. The molecule has 9 aromatic carbocycles. The van der Waals surface area contributed by atoms with Crippen molar-refractivity contribution in [3.05, 3.63) is 231 Å². The van der Waals surface area contributed by atoms with E-state index >= 15 is 0 Å². The largest absolute Gasteiger partial charge is 0.453 e. The first kappa shape index (κ1) is 34.4. The van der Waals surface area contributed by atoms with Gasteiger partial charge in [0.25, 0.3) is 0 Å². The summed E-state index contributed by atoms with van der Waals surface area (Å²) in [4.78, 5) is 2.36. The first-order chi connectivity index (χ1) is 29.3. The molecule has 0 spiro atoms. The topological polar surface area (TPSA) is 21.3 Å². The van der Waals surface area contributed by atoms with Gasteiger partial charge < -0.3 is 13.9 Å². The Kier molecular flexibility index (Phi) is 8.49. The predicted octanol–water partition coefficient (Wildman–Crippen LogP) is 15.7. The van der Waals surface area contributed by atoms with E-state index in [1.807, 2.05) is 0 Å². The lowest BCUT2D eigenvalue weighted by Gasteiger charge is -2.27. The average molecular weight is 755 g/mol. The summed E-state index contributed by atoms with van der Waals surface area (Å²) in [6, 6.07) is 82.1. The Labute approximate surface area is 343 Å². The van der Waals surface area contributed by atoms with Crippen molar-refractivity contribution in [2.45, 2.75) is 0 Å². The third-order valence-corrected chi connectivity index (χ3v) is 11.4. The van der Waals surface area contributed by atoms with E-state index in [2.05, 4.69) is 240 Å². The van der Waals surface area contributed by atoms with Gasteiger partial charge in [-0.15, -0.1) is 0 Å². The zero-order valence-electron chi connectivity index (χ0n) is 32.2. The second-order valence-corrected chi connectivity index (χ2v) is 14.9. The summed E-state index contributed by atoms with van der Waals surface area (Å²) in [6.07, 6.45) is 0. The molecule has 0 fully saturated rings. The number of hydrogen-bond acceptors (Lipinski definition) is 2. The summed E-state index contributed by atoms with van der Waals surface area (Å²) in [5, 5.41) is 2.18. The average Bonchev–Trinajstić information content (AvgIpc) is 3.86. The number of fused-ring (bicyclic) bond motifs is 5. The number of furan rings is 1. The molecule has 11 aromatic rings. The van der Waals surface area contributed by atoms with Crippen LogP contribution in [-0.2, 0) is 0 Å². The van der Waals surface area contributed by atoms with Crippen LogP contribution in [0.2, 0.25) is 0 Å². The Bertz CT molecular complexity index is 3240. The molecule has 2 heterocycles. The van der Waals surface area contributed by atoms with Crippen LogP contribution in [0.15, 0.2) is 235 Å². The molecule has 0 aliphatic heterocycles. The van der Waals surface area contributed by atoms with Gasteiger partial charge in [0.15, 0.2) is 5.58 Å². The molecule has 0 atom stereocenters. The number of nitrogens with zero attached hydrogens (tertiary/aromatic N) is 2. The summed E-state index contributed by atoms with van der Waals surface area (Å²) in [6.45, 7) is 0. The number of rotatable bonds is 8. The van der Waals surface area contributed by atoms with E-state index in [0.717, 1.165) is 72.4 Å². The maximum Gasteiger partial charge on any atom is 0.161 e. The lowest BCUT2D eigenvalue weighted by molar-refractivity contribution is 0.674. The van der Waals surface area contributed by atoms with Gasteiger partial charge >= 0.3 is 0 Å². The smallest absolute Gasteiger partial charge is 0.161 e. The molecule has 0 radical (unpaired) electrons. The molecule has 0 aliphatic carbocycles. The highest BCUT2D eigenvalue weighted by molar-refractivity contribution is 6.18. The van der Waals surface area contributed by atoms with Gasteiger partial charge in [0, 0.05) is 39.1 Å². The van der Waals surface area contributed by atoms with Crippen LogP contribution >= 0.6 is 0 Å². The molecule has 3 heteroatoms. The van der Waals surface area contributed by atoms with Crippen LogP contribution in [0.1, 0.15) is 0 Å². The minimum Gasteiger partial charge on any atom is -0.453 e. The van der Waals surface area contributed by atoms with E-state index in [-0.39, 0.29) is 0 Å². The summed E-state index contributed by atoms with van der Waals surface area (Å²) in [7, 11) is 0. The monoisotopic (exact) mass is 754 g/mol. The minimum atomic E-state index is 0.879. The van der Waals surface area contributed by atoms with Crippen molar-refractivity contribution in [2.24, 2.45) is 0 Å². The van der Waals surface area contributed by atoms with Gasteiger partial charge in [-0.3, -0.25) is 0 Å². The molecule has 0 saturated heterocycles. The van der Waals surface area contributed by atoms with E-state index < -0.39 is 0 Å². The number of anilines is 3. The van der Waals surface area contributed by atoms with Crippen molar-refractivity contribution in [3.8, 4) is 50.2 Å². The van der Waals surface area contributed by atoms with Crippen LogP contribution < -0.4 is 4.90 Å². The predicted molar refractivity (Wildman–Crippen MR) is 247 cm³/mol. The Balaban J connectivity index is 1.04. The van der Waals surface area contributed by atoms with Crippen LogP contribution in [0.4, 0.5) is 17.1 Å². The Morgan fingerprint density at radius 2 is 0.797 bits per heavy atom. The van der Waals surface area contributed by atoms with E-state index in [0.29, 0.717) is 0 Å². The van der Waals surface area contributed by atoms with Crippen LogP contribution in [0.25, 0.3) is 83.2 Å². The number of benzene rings is 9. The molecule has 0 N–H and O–H groups in total. The van der Waals surface area contributed by atoms with Crippen molar-refractivity contribution >= 4 is 50.0 Å². The lowest BCUT2D eigenvalue weighted by Crippen LogP contribution is -2.10. The van der Waals surface area contributed by atoms with E-state index in [4.69, 9.17) is 4.42 Å². The Morgan fingerprint density at radius 3 is 1.46 bits per heavy atom. The molecule has 59 heavy (non-hydrogen) atoms. The van der Waals surface area contributed by atoms with Crippen molar-refractivity contribution in [1.82, 2.24) is 4.57 Å². The molecule has 278 valence electrons. The zero-order chi connectivity index (χ0) is 39.1. The fourth-order valence-corrected chi connectivity index (χ4v) is 8.57. The number of para-hydroxylation sites is 3. The third-order valence-electron chi connectivity index (χ3n) is 11.4. The SMILES string of the molecule is c1ccc(-c2ccc(-c3cccc(N(c4ccc(-c5ccccc5)cc4)c4cccc(-c5cccc6c5oc5c7ccccc7n(-c7ccccc7)c65)c4)c3)cc2)cc1. The van der Waals surface area contributed by atoms with Gasteiger partial charge in [0.1, 0.15) is 11.1 Å². The molecule has 0 bridgehead atoms. The van der Waals surface area contributed by atoms with Crippen molar-refractivity contribution in [3.63, 3.8) is 0 Å². The maximum absolute atomic E-state index is 6.95. The molecule has 2 aromatic heterocycles. The summed E-state index contributed by atoms with van der Waals surface area (Å²) >= 11 is 0. The van der Waals surface area contributed by atoms with E-state index in [1.165, 1.54) is 27.8 Å². The van der Waals surface area contributed by atoms with E-state index in [9.17, 15) is 0 Å². The molecule has 0 saturated carbocycles. The molecule has 0 aliphatic rings. The minimum absolute atomic E-state index is 0.879. The fraction of sp³-hybridized carbons (Fsp3) is 0. The van der Waals surface area contributed by atoms with Gasteiger partial charge in [0.05, 0.1) is 5.52 Å². The summed E-state index contributed by atoms with van der Waals surface area (Å²) < 4.78 is 9.28. The van der Waals surface area contributed by atoms with Crippen LogP contribution in [-0.4, -0.2) is 4.57 Å². The van der Waals surface area contributed by atoms with Crippen molar-refractivity contribution in [2.75, 3.05) is 4.90 Å². The van der Waals surface area contributed by atoms with Crippen LogP contribution in [0, 0.1) is 0 Å². The van der Waals surface area contributed by atoms with Gasteiger partial charge in [-0.2, -0.15) is 0 Å². The molecule has 11 rings (SSSR count). The Morgan fingerprint density at radius 1 is 0.322 bits per heavy atom. The first-order valence-electron chi connectivity index (χ1n) is 20.1. The normalized spacial score (nSPS) is 11.4. The zero-order valence-corrected chi connectivity index (χ0v) is 32.2. The Hall–Kier alpha value is -7.88. The number of aromatic nitrogens is 1. The van der Waals surface area contributed by atoms with Gasteiger partial charge in [-0.1, -0.05) is 164 Å². The lowest BCUT2D eigenvalue weighted by atomic mass is 9.99. The highest BCUT2D eigenvalue weighted by Crippen LogP contribution is 2.44. The van der Waals surface area contributed by atoms with Crippen molar-refractivity contribution in [1.29, 1.82) is 0 Å². The molecular formula is C56H38N2O. The van der Waals surface area contributed by atoms with E-state index in [1.54, 1.807) is 0 Å². The third kappa shape index (κ3) is 6.17. The summed E-state index contributed by atoms with van der Waals surface area (Å²) in [5.41, 5.74) is 17.6. The molecule has 3 nitrogen and oxygen atoms in total. The summed E-state index contributed by atoms with van der Waals surface area (Å²) in [5.74, 6) is 0. The van der Waals surface area contributed by atoms with Gasteiger partial charge in [-0.25, -0.2) is 0 Å².